The van der Waals surface area contributed by atoms with Crippen LogP contribution in [-0.4, -0.2) is 17.7 Å². The number of halogens is 3. The summed E-state index contributed by atoms with van der Waals surface area (Å²) in [5.74, 6) is -1.73. The molecule has 0 unspecified atom stereocenters. The lowest BCUT2D eigenvalue weighted by molar-refractivity contribution is -0.137. The number of nitrogens with two attached hydrogens (primary N) is 1. The molecule has 3 rings (SSSR count). The second-order valence-corrected chi connectivity index (χ2v) is 7.43. The van der Waals surface area contributed by atoms with E-state index in [0.29, 0.717) is 5.69 Å². The van der Waals surface area contributed by atoms with Gasteiger partial charge in [-0.05, 0) is 49.2 Å². The van der Waals surface area contributed by atoms with E-state index in [9.17, 15) is 27.6 Å². The van der Waals surface area contributed by atoms with Gasteiger partial charge in [0.25, 0.3) is 5.91 Å². The molecule has 1 aliphatic rings. The van der Waals surface area contributed by atoms with Crippen LogP contribution in [0.5, 0.6) is 0 Å². The summed E-state index contributed by atoms with van der Waals surface area (Å²) in [6.07, 6.45) is -3.67. The topological polar surface area (TPSA) is 105 Å². The van der Waals surface area contributed by atoms with Crippen LogP contribution in [0.15, 0.2) is 42.6 Å². The Labute approximate surface area is 182 Å². The fraction of sp³-hybridized carbons (Fsp3) is 0.227. The molecule has 0 aliphatic carbocycles. The van der Waals surface area contributed by atoms with Gasteiger partial charge in [-0.2, -0.15) is 13.2 Å². The molecule has 0 radical (unpaired) electrons. The Morgan fingerprint density at radius 3 is 2.31 bits per heavy atom. The fourth-order valence-electron chi connectivity index (χ4n) is 3.43. The lowest BCUT2D eigenvalue weighted by Crippen LogP contribution is -2.34. The van der Waals surface area contributed by atoms with Gasteiger partial charge < -0.3 is 11.2 Å². The fourth-order valence-corrected chi connectivity index (χ4v) is 3.43. The third-order valence-corrected chi connectivity index (χ3v) is 4.78. The first kappa shape index (κ1) is 22.9. The van der Waals surface area contributed by atoms with Gasteiger partial charge in [-0.25, -0.2) is 0 Å². The Balaban J connectivity index is 1.98. The van der Waals surface area contributed by atoms with E-state index in [1.165, 1.54) is 17.2 Å². The van der Waals surface area contributed by atoms with Crippen LogP contribution < -0.4 is 21.5 Å². The second-order valence-electron chi connectivity index (χ2n) is 7.43. The largest absolute Gasteiger partial charge is 0.416 e. The van der Waals surface area contributed by atoms with E-state index in [1.54, 1.807) is 12.1 Å². The number of nitrogens with zero attached hydrogens (tertiary/aromatic N) is 1. The highest BCUT2D eigenvalue weighted by atomic mass is 19.4. The number of hydrogen-bond donors (Lipinski definition) is 3. The number of nitrogens with one attached hydrogen (secondary N) is 2. The standard InChI is InChI=1S/C22H21F3N4O3/c1-12-7-13(2)9-15(8-12)29-18-10-14(22(23,24)25)3-4-16(18)17(21(29)32)11-27-28-20(31)6-5-19(26)30/h3-4,7-11,27H,5-6H2,1-2H3,(H2,26,30)(H,28,31)/b17-11-. The van der Waals surface area contributed by atoms with Crippen molar-refractivity contribution in [3.05, 3.63) is 64.9 Å². The number of carbonyl (C=O) groups excluding carboxylic acids is 3. The predicted octanol–water partition coefficient (Wildman–Crippen LogP) is 3.23. The number of primary amides is 1. The highest BCUT2D eigenvalue weighted by Gasteiger charge is 2.38. The number of aryl methyl sites for hydroxylation is 2. The average molecular weight is 446 g/mol. The number of fused-ring (bicyclic) bond motifs is 1. The van der Waals surface area contributed by atoms with Crippen molar-refractivity contribution >= 4 is 34.7 Å². The quantitative estimate of drug-likeness (QED) is 0.468. The maximum atomic E-state index is 13.3. The summed E-state index contributed by atoms with van der Waals surface area (Å²) in [4.78, 5) is 36.9. The molecule has 32 heavy (non-hydrogen) atoms. The van der Waals surface area contributed by atoms with Gasteiger partial charge in [-0.1, -0.05) is 12.1 Å². The van der Waals surface area contributed by atoms with Gasteiger partial charge in [-0.3, -0.25) is 24.7 Å². The monoisotopic (exact) mass is 446 g/mol. The molecule has 0 bridgehead atoms. The zero-order valence-corrected chi connectivity index (χ0v) is 17.3. The molecular formula is C22H21F3N4O3. The summed E-state index contributed by atoms with van der Waals surface area (Å²) in [7, 11) is 0. The second kappa shape index (κ2) is 8.74. The number of hydrazine groups is 1. The molecule has 1 aliphatic heterocycles. The van der Waals surface area contributed by atoms with Crippen LogP contribution in [0.3, 0.4) is 0 Å². The lowest BCUT2D eigenvalue weighted by Gasteiger charge is -2.19. The van der Waals surface area contributed by atoms with Crippen molar-refractivity contribution in [1.82, 2.24) is 10.9 Å². The molecule has 0 fully saturated rings. The van der Waals surface area contributed by atoms with E-state index in [2.05, 4.69) is 10.9 Å². The molecule has 0 atom stereocenters. The predicted molar refractivity (Wildman–Crippen MR) is 112 cm³/mol. The average Bonchev–Trinajstić information content (AvgIpc) is 2.96. The van der Waals surface area contributed by atoms with Gasteiger partial charge >= 0.3 is 6.18 Å². The summed E-state index contributed by atoms with van der Waals surface area (Å²) >= 11 is 0. The Bertz CT molecular complexity index is 1110. The number of alkyl halides is 3. The van der Waals surface area contributed by atoms with Crippen molar-refractivity contribution in [2.24, 2.45) is 5.73 Å². The summed E-state index contributed by atoms with van der Waals surface area (Å²) < 4.78 is 40.0. The molecule has 0 aromatic heterocycles. The molecule has 10 heteroatoms. The van der Waals surface area contributed by atoms with Crippen molar-refractivity contribution in [3.8, 4) is 0 Å². The van der Waals surface area contributed by atoms with E-state index in [-0.39, 0.29) is 29.7 Å². The van der Waals surface area contributed by atoms with Gasteiger partial charge in [0.15, 0.2) is 0 Å². The van der Waals surface area contributed by atoms with Crippen LogP contribution in [0.2, 0.25) is 0 Å². The zero-order valence-electron chi connectivity index (χ0n) is 17.3. The summed E-state index contributed by atoms with van der Waals surface area (Å²) in [5, 5.41) is 0. The molecule has 0 spiro atoms. The molecule has 0 saturated carbocycles. The van der Waals surface area contributed by atoms with Gasteiger partial charge in [0.05, 0.1) is 16.8 Å². The van der Waals surface area contributed by atoms with Crippen LogP contribution >= 0.6 is 0 Å². The van der Waals surface area contributed by atoms with Gasteiger partial charge in [-0.15, -0.1) is 0 Å². The number of hydrogen-bond acceptors (Lipinski definition) is 4. The van der Waals surface area contributed by atoms with Crippen molar-refractivity contribution in [1.29, 1.82) is 0 Å². The summed E-state index contributed by atoms with van der Waals surface area (Å²) in [5.41, 5.74) is 11.5. The molecule has 7 nitrogen and oxygen atoms in total. The Kier molecular flexibility index (Phi) is 6.24. The van der Waals surface area contributed by atoms with E-state index in [4.69, 9.17) is 5.73 Å². The first-order valence-corrected chi connectivity index (χ1v) is 9.64. The summed E-state index contributed by atoms with van der Waals surface area (Å²) in [6, 6.07) is 8.35. The lowest BCUT2D eigenvalue weighted by atomic mass is 10.1. The molecule has 1 heterocycles. The third kappa shape index (κ3) is 4.90. The molecule has 2 aromatic rings. The van der Waals surface area contributed by atoms with Crippen LogP contribution in [0.1, 0.15) is 35.1 Å². The highest BCUT2D eigenvalue weighted by Crippen LogP contribution is 2.44. The Hall–Kier alpha value is -3.82. The smallest absolute Gasteiger partial charge is 0.370 e. The molecule has 2 aromatic carbocycles. The maximum Gasteiger partial charge on any atom is 0.416 e. The minimum atomic E-state index is -4.58. The number of amides is 3. The van der Waals surface area contributed by atoms with E-state index >= 15 is 0 Å². The summed E-state index contributed by atoms with van der Waals surface area (Å²) in [6.45, 7) is 3.65. The minimum absolute atomic E-state index is 0.0723. The normalized spacial score (nSPS) is 14.5. The number of benzene rings is 2. The molecule has 0 saturated heterocycles. The van der Waals surface area contributed by atoms with Crippen LogP contribution in [0, 0.1) is 13.8 Å². The van der Waals surface area contributed by atoms with E-state index < -0.39 is 29.5 Å². The van der Waals surface area contributed by atoms with Crippen LogP contribution in [-0.2, 0) is 20.6 Å². The third-order valence-electron chi connectivity index (χ3n) is 4.78. The van der Waals surface area contributed by atoms with E-state index in [1.807, 2.05) is 19.9 Å². The van der Waals surface area contributed by atoms with Gasteiger partial charge in [0, 0.05) is 30.3 Å². The van der Waals surface area contributed by atoms with Gasteiger partial charge in [0.2, 0.25) is 11.8 Å². The first-order chi connectivity index (χ1) is 15.0. The maximum absolute atomic E-state index is 13.3. The zero-order chi connectivity index (χ0) is 23.6. The highest BCUT2D eigenvalue weighted by molar-refractivity contribution is 6.35. The van der Waals surface area contributed by atoms with Crippen molar-refractivity contribution < 1.29 is 27.6 Å². The van der Waals surface area contributed by atoms with E-state index in [0.717, 1.165) is 23.3 Å². The molecule has 168 valence electrons. The number of carbonyl (C=O) groups is 3. The SMILES string of the molecule is Cc1cc(C)cc(N2C(=O)/C(=C\NNC(=O)CCC(N)=O)c3ccc(C(F)(F)F)cc32)c1. The van der Waals surface area contributed by atoms with Crippen LogP contribution in [0.4, 0.5) is 24.5 Å². The molecular weight excluding hydrogens is 425 g/mol. The van der Waals surface area contributed by atoms with Crippen molar-refractivity contribution in [2.45, 2.75) is 32.9 Å². The van der Waals surface area contributed by atoms with Crippen LogP contribution in [0.25, 0.3) is 5.57 Å². The first-order valence-electron chi connectivity index (χ1n) is 9.64. The number of anilines is 2. The Morgan fingerprint density at radius 1 is 1.06 bits per heavy atom. The van der Waals surface area contributed by atoms with Crippen molar-refractivity contribution in [2.75, 3.05) is 4.90 Å². The molecule has 4 N–H and O–H groups in total. The number of rotatable bonds is 6. The molecule has 3 amide bonds. The Morgan fingerprint density at radius 2 is 1.72 bits per heavy atom. The van der Waals surface area contributed by atoms with Gasteiger partial charge in [0.1, 0.15) is 0 Å². The minimum Gasteiger partial charge on any atom is -0.370 e. The van der Waals surface area contributed by atoms with Crippen molar-refractivity contribution in [3.63, 3.8) is 0 Å².